The normalized spacial score (nSPS) is 21.1. The van der Waals surface area contributed by atoms with Gasteiger partial charge in [0, 0.05) is 18.9 Å². The third-order valence-corrected chi connectivity index (χ3v) is 2.51. The summed E-state index contributed by atoms with van der Waals surface area (Å²) in [6.07, 6.45) is 3.65. The van der Waals surface area contributed by atoms with Gasteiger partial charge in [-0.3, -0.25) is 9.98 Å². The molecule has 0 aromatic carbocycles. The highest BCUT2D eigenvalue weighted by atomic mass is 15.3. The van der Waals surface area contributed by atoms with Crippen molar-refractivity contribution in [3.05, 3.63) is 30.1 Å². The molecule has 4 heteroatoms. The molecule has 0 saturated carbocycles. The van der Waals surface area contributed by atoms with E-state index in [0.717, 1.165) is 13.1 Å². The van der Waals surface area contributed by atoms with Crippen molar-refractivity contribution < 1.29 is 0 Å². The van der Waals surface area contributed by atoms with Gasteiger partial charge in [0.05, 0.1) is 12.6 Å². The summed E-state index contributed by atoms with van der Waals surface area (Å²) in [4.78, 5) is 10.4. The number of likely N-dealkylation sites (N-methyl/N-ethyl adjacent to an activating group) is 1. The molecule has 0 aliphatic carbocycles. The van der Waals surface area contributed by atoms with Gasteiger partial charge in [0.25, 0.3) is 0 Å². The number of hydrogen-bond donors (Lipinski definition) is 1. The van der Waals surface area contributed by atoms with E-state index in [1.165, 1.54) is 5.56 Å². The van der Waals surface area contributed by atoms with E-state index in [9.17, 15) is 0 Å². The summed E-state index contributed by atoms with van der Waals surface area (Å²) in [5, 5.41) is 0. The first kappa shape index (κ1) is 8.99. The van der Waals surface area contributed by atoms with E-state index in [1.54, 1.807) is 6.20 Å². The molecular weight excluding hydrogens is 176 g/mol. The molecule has 2 heterocycles. The fourth-order valence-corrected chi connectivity index (χ4v) is 1.77. The predicted octanol–water partition coefficient (Wildman–Crippen LogP) is 0.773. The molecule has 0 bridgehead atoms. The summed E-state index contributed by atoms with van der Waals surface area (Å²) >= 11 is 0. The minimum atomic E-state index is 0.272. The van der Waals surface area contributed by atoms with E-state index >= 15 is 0 Å². The van der Waals surface area contributed by atoms with E-state index in [-0.39, 0.29) is 6.04 Å². The van der Waals surface area contributed by atoms with Gasteiger partial charge in [-0.15, -0.1) is 0 Å². The number of aliphatic imine (C=N–C) groups is 1. The van der Waals surface area contributed by atoms with Crippen LogP contribution in [0.15, 0.2) is 29.5 Å². The highest BCUT2D eigenvalue weighted by Crippen LogP contribution is 2.23. The Labute approximate surface area is 83.5 Å². The minimum absolute atomic E-state index is 0.272. The third-order valence-electron chi connectivity index (χ3n) is 2.51. The van der Waals surface area contributed by atoms with E-state index in [2.05, 4.69) is 27.9 Å². The molecule has 2 N–H and O–H groups in total. The standard InChI is InChI=1S/C10H14N4/c1-2-14-9(7-13-10(14)11)8-4-3-5-12-6-8/h3-6,9H,2,7H2,1H3,(H2,11,13). The van der Waals surface area contributed by atoms with Gasteiger partial charge < -0.3 is 10.6 Å². The molecule has 1 aliphatic heterocycles. The number of rotatable bonds is 2. The van der Waals surface area contributed by atoms with Crippen molar-refractivity contribution in [2.24, 2.45) is 10.7 Å². The molecule has 14 heavy (non-hydrogen) atoms. The Bertz CT molecular complexity index is 333. The molecule has 0 radical (unpaired) electrons. The number of guanidine groups is 1. The second-order valence-corrected chi connectivity index (χ2v) is 3.29. The van der Waals surface area contributed by atoms with Crippen LogP contribution >= 0.6 is 0 Å². The average molecular weight is 190 g/mol. The lowest BCUT2D eigenvalue weighted by molar-refractivity contribution is 0.363. The van der Waals surface area contributed by atoms with Gasteiger partial charge in [-0.25, -0.2) is 0 Å². The highest BCUT2D eigenvalue weighted by Gasteiger charge is 2.25. The molecule has 0 spiro atoms. The summed E-state index contributed by atoms with van der Waals surface area (Å²) in [5.41, 5.74) is 6.95. The first-order valence-electron chi connectivity index (χ1n) is 4.79. The highest BCUT2D eigenvalue weighted by molar-refractivity contribution is 5.80. The van der Waals surface area contributed by atoms with E-state index < -0.39 is 0 Å². The van der Waals surface area contributed by atoms with Crippen LogP contribution in [0.3, 0.4) is 0 Å². The molecule has 1 aliphatic rings. The fraction of sp³-hybridized carbons (Fsp3) is 0.400. The topological polar surface area (TPSA) is 54.5 Å². The molecule has 1 atom stereocenters. The predicted molar refractivity (Wildman–Crippen MR) is 55.8 cm³/mol. The zero-order valence-electron chi connectivity index (χ0n) is 8.22. The largest absolute Gasteiger partial charge is 0.370 e. The van der Waals surface area contributed by atoms with Gasteiger partial charge in [-0.2, -0.15) is 0 Å². The van der Waals surface area contributed by atoms with Crippen LogP contribution in [0.1, 0.15) is 18.5 Å². The maximum Gasteiger partial charge on any atom is 0.191 e. The Morgan fingerprint density at radius 2 is 2.50 bits per heavy atom. The van der Waals surface area contributed by atoms with Crippen molar-refractivity contribution in [1.29, 1.82) is 0 Å². The lowest BCUT2D eigenvalue weighted by Crippen LogP contribution is -2.35. The van der Waals surface area contributed by atoms with Crippen LogP contribution in [0, 0.1) is 0 Å². The Kier molecular flexibility index (Phi) is 2.35. The molecule has 1 aromatic heterocycles. The first-order chi connectivity index (χ1) is 6.83. The Morgan fingerprint density at radius 3 is 3.14 bits per heavy atom. The van der Waals surface area contributed by atoms with Gasteiger partial charge in [-0.05, 0) is 18.6 Å². The number of pyridine rings is 1. The Morgan fingerprint density at radius 1 is 1.64 bits per heavy atom. The first-order valence-corrected chi connectivity index (χ1v) is 4.79. The van der Waals surface area contributed by atoms with Gasteiger partial charge in [-0.1, -0.05) is 6.07 Å². The van der Waals surface area contributed by atoms with Crippen molar-refractivity contribution in [2.45, 2.75) is 13.0 Å². The van der Waals surface area contributed by atoms with Crippen molar-refractivity contribution in [2.75, 3.05) is 13.1 Å². The molecule has 0 saturated heterocycles. The van der Waals surface area contributed by atoms with Gasteiger partial charge >= 0.3 is 0 Å². The molecule has 74 valence electrons. The number of nitrogens with zero attached hydrogens (tertiary/aromatic N) is 3. The number of hydrogen-bond acceptors (Lipinski definition) is 4. The van der Waals surface area contributed by atoms with E-state index in [0.29, 0.717) is 5.96 Å². The second-order valence-electron chi connectivity index (χ2n) is 3.29. The quantitative estimate of drug-likeness (QED) is 0.749. The maximum absolute atomic E-state index is 5.77. The molecule has 2 rings (SSSR count). The maximum atomic E-state index is 5.77. The zero-order chi connectivity index (χ0) is 9.97. The van der Waals surface area contributed by atoms with Crippen molar-refractivity contribution >= 4 is 5.96 Å². The molecule has 4 nitrogen and oxygen atoms in total. The summed E-state index contributed by atoms with van der Waals surface area (Å²) in [7, 11) is 0. The summed E-state index contributed by atoms with van der Waals surface area (Å²) < 4.78 is 0. The smallest absolute Gasteiger partial charge is 0.191 e. The fourth-order valence-electron chi connectivity index (χ4n) is 1.77. The molecule has 0 fully saturated rings. The number of nitrogens with two attached hydrogens (primary N) is 1. The minimum Gasteiger partial charge on any atom is -0.370 e. The summed E-state index contributed by atoms with van der Waals surface area (Å²) in [6, 6.07) is 4.28. The van der Waals surface area contributed by atoms with Gasteiger partial charge in [0.2, 0.25) is 0 Å². The van der Waals surface area contributed by atoms with Crippen LogP contribution in [0.4, 0.5) is 0 Å². The van der Waals surface area contributed by atoms with Crippen LogP contribution in [-0.4, -0.2) is 28.9 Å². The van der Waals surface area contributed by atoms with E-state index in [4.69, 9.17) is 5.73 Å². The van der Waals surface area contributed by atoms with Crippen molar-refractivity contribution in [3.63, 3.8) is 0 Å². The second kappa shape index (κ2) is 3.65. The molecular formula is C10H14N4. The lowest BCUT2D eigenvalue weighted by Gasteiger charge is -2.24. The average Bonchev–Trinajstić information content (AvgIpc) is 2.61. The summed E-state index contributed by atoms with van der Waals surface area (Å²) in [6.45, 7) is 3.71. The molecule has 0 amide bonds. The van der Waals surface area contributed by atoms with E-state index in [1.807, 2.05) is 12.3 Å². The molecule has 1 unspecified atom stereocenters. The molecule has 1 aromatic rings. The Balaban J connectivity index is 2.22. The zero-order valence-corrected chi connectivity index (χ0v) is 8.22. The van der Waals surface area contributed by atoms with Crippen LogP contribution < -0.4 is 5.73 Å². The monoisotopic (exact) mass is 190 g/mol. The van der Waals surface area contributed by atoms with Crippen LogP contribution in [0.2, 0.25) is 0 Å². The number of aromatic nitrogens is 1. The van der Waals surface area contributed by atoms with Crippen molar-refractivity contribution in [1.82, 2.24) is 9.88 Å². The SMILES string of the molecule is CCN1C(N)=NCC1c1cccnc1. The third kappa shape index (κ3) is 1.43. The summed E-state index contributed by atoms with van der Waals surface area (Å²) in [5.74, 6) is 0.640. The van der Waals surface area contributed by atoms with Crippen LogP contribution in [0.5, 0.6) is 0 Å². The van der Waals surface area contributed by atoms with Gasteiger partial charge in [0.15, 0.2) is 5.96 Å². The lowest BCUT2D eigenvalue weighted by atomic mass is 10.1. The van der Waals surface area contributed by atoms with Gasteiger partial charge in [0.1, 0.15) is 0 Å². The van der Waals surface area contributed by atoms with Crippen LogP contribution in [0.25, 0.3) is 0 Å². The van der Waals surface area contributed by atoms with Crippen molar-refractivity contribution in [3.8, 4) is 0 Å². The van der Waals surface area contributed by atoms with Crippen LogP contribution in [-0.2, 0) is 0 Å². The Hall–Kier alpha value is -1.58.